The largest absolute Gasteiger partial charge is 0.494 e. The topological polar surface area (TPSA) is 125 Å². The van der Waals surface area contributed by atoms with Crippen LogP contribution in [0.25, 0.3) is 22.2 Å². The molecular formula is C29H26F5N5O4. The monoisotopic (exact) mass is 603 g/mol. The van der Waals surface area contributed by atoms with Gasteiger partial charge in [0.05, 0.1) is 19.3 Å². The van der Waals surface area contributed by atoms with Crippen molar-refractivity contribution in [2.24, 2.45) is 18.7 Å². The molecule has 43 heavy (non-hydrogen) atoms. The Hall–Kier alpha value is -4.30. The van der Waals surface area contributed by atoms with Crippen molar-refractivity contribution in [3.05, 3.63) is 71.1 Å². The van der Waals surface area contributed by atoms with Gasteiger partial charge >= 0.3 is 6.18 Å². The Morgan fingerprint density at radius 3 is 2.60 bits per heavy atom. The number of halogens is 5. The van der Waals surface area contributed by atoms with Crippen molar-refractivity contribution < 1.29 is 41.3 Å². The maximum Gasteiger partial charge on any atom is 0.414 e. The van der Waals surface area contributed by atoms with Crippen LogP contribution < -0.4 is 20.5 Å². The first kappa shape index (κ1) is 28.8. The number of carbonyl (C=O) groups excluding carboxylic acids is 1. The van der Waals surface area contributed by atoms with Crippen molar-refractivity contribution in [2.75, 3.05) is 20.3 Å². The molecule has 0 radical (unpaired) electrons. The Balaban J connectivity index is 1.42. The van der Waals surface area contributed by atoms with E-state index in [1.54, 1.807) is 24.0 Å². The number of amides is 1. The van der Waals surface area contributed by atoms with Crippen LogP contribution in [-0.2, 0) is 18.2 Å². The first-order chi connectivity index (χ1) is 20.2. The number of rotatable bonds is 7. The Morgan fingerprint density at radius 2 is 1.95 bits per heavy atom. The van der Waals surface area contributed by atoms with Crippen LogP contribution in [-0.4, -0.2) is 52.2 Å². The highest BCUT2D eigenvalue weighted by Gasteiger charge is 2.59. The molecule has 14 heteroatoms. The Kier molecular flexibility index (Phi) is 6.62. The average Bonchev–Trinajstić information content (AvgIpc) is 3.67. The van der Waals surface area contributed by atoms with Gasteiger partial charge in [0.25, 0.3) is 5.91 Å². The maximum absolute atomic E-state index is 14.2. The van der Waals surface area contributed by atoms with Gasteiger partial charge in [0.1, 0.15) is 29.2 Å². The molecule has 0 spiro atoms. The summed E-state index contributed by atoms with van der Waals surface area (Å²) in [6, 6.07) is 6.82. The first-order valence-corrected chi connectivity index (χ1v) is 13.3. The highest BCUT2D eigenvalue weighted by molar-refractivity contribution is 5.99. The van der Waals surface area contributed by atoms with Crippen molar-refractivity contribution >= 4 is 16.8 Å². The third kappa shape index (κ3) is 4.74. The summed E-state index contributed by atoms with van der Waals surface area (Å²) in [5.74, 6) is -3.47. The van der Waals surface area contributed by atoms with Gasteiger partial charge in [-0.1, -0.05) is 0 Å². The number of aryl methyl sites for hydroxylation is 1. The van der Waals surface area contributed by atoms with Crippen molar-refractivity contribution in [2.45, 2.75) is 30.2 Å². The zero-order valence-corrected chi connectivity index (χ0v) is 22.9. The lowest BCUT2D eigenvalue weighted by atomic mass is 9.86. The third-order valence-corrected chi connectivity index (χ3v) is 7.98. The van der Waals surface area contributed by atoms with Crippen LogP contribution in [0.15, 0.2) is 42.6 Å². The second-order valence-electron chi connectivity index (χ2n) is 10.9. The molecule has 6 rings (SSSR count). The number of aliphatic hydroxyl groups is 1. The zero-order valence-electron chi connectivity index (χ0n) is 22.9. The van der Waals surface area contributed by atoms with Crippen LogP contribution in [0.3, 0.4) is 0 Å². The highest BCUT2D eigenvalue weighted by Crippen LogP contribution is 2.52. The van der Waals surface area contributed by atoms with E-state index in [2.05, 4.69) is 15.4 Å². The minimum atomic E-state index is -4.96. The molecular weight excluding hydrogens is 577 g/mol. The number of methoxy groups -OCH3 is 1. The average molecular weight is 604 g/mol. The lowest BCUT2D eigenvalue weighted by molar-refractivity contribution is -0.191. The molecule has 0 bridgehead atoms. The predicted molar refractivity (Wildman–Crippen MR) is 143 cm³/mol. The fourth-order valence-corrected chi connectivity index (χ4v) is 5.40. The second kappa shape index (κ2) is 9.88. The van der Waals surface area contributed by atoms with Gasteiger partial charge in [0.2, 0.25) is 0 Å². The van der Waals surface area contributed by atoms with E-state index in [1.165, 1.54) is 13.2 Å². The van der Waals surface area contributed by atoms with Gasteiger partial charge in [-0.2, -0.15) is 18.3 Å². The molecule has 2 aliphatic rings. The Bertz CT molecular complexity index is 1770. The molecule has 1 saturated carbocycles. The van der Waals surface area contributed by atoms with Gasteiger partial charge in [-0.3, -0.25) is 9.48 Å². The van der Waals surface area contributed by atoms with Crippen LogP contribution in [0.5, 0.6) is 11.5 Å². The van der Waals surface area contributed by atoms with Crippen LogP contribution in [0.4, 0.5) is 22.0 Å². The fourth-order valence-electron chi connectivity index (χ4n) is 5.40. The SMILES string of the molecule is COc1cc(C(=O)NCC(O)(c2cc3c(c(-c4ccc(F)c(F)c4)n2)OC[C@@]3(N)C(F)(F)F)C2CC2)cc2cn(C)nc12. The standard InChI is InChI=1S/C29H26F5N5O4/c1-39-11-16-7-15(9-21(42-2)23(16)38-39)26(40)36-12-27(41,17-4-5-17)22-10-18-25(43-13-28(18,35)29(32,33)34)24(37-22)14-3-6-19(30)20(31)8-14/h3,6-11,17,41H,4-5,12-13,35H2,1-2H3,(H,36,40)/t27?,28-/m0/s1. The minimum Gasteiger partial charge on any atom is -0.494 e. The number of aromatic nitrogens is 3. The molecule has 0 saturated heterocycles. The Morgan fingerprint density at radius 1 is 1.21 bits per heavy atom. The molecule has 1 aliphatic carbocycles. The second-order valence-corrected chi connectivity index (χ2v) is 10.9. The van der Waals surface area contributed by atoms with Crippen molar-refractivity contribution in [3.8, 4) is 22.8 Å². The molecule has 2 atom stereocenters. The number of nitrogens with one attached hydrogen (secondary N) is 1. The molecule has 4 N–H and O–H groups in total. The van der Waals surface area contributed by atoms with E-state index in [0.717, 1.165) is 24.3 Å². The molecule has 1 fully saturated rings. The summed E-state index contributed by atoms with van der Waals surface area (Å²) >= 11 is 0. The molecule has 1 amide bonds. The molecule has 2 aromatic carbocycles. The Labute approximate surface area is 241 Å². The summed E-state index contributed by atoms with van der Waals surface area (Å²) in [7, 11) is 3.15. The summed E-state index contributed by atoms with van der Waals surface area (Å²) in [6.45, 7) is -1.40. The quantitative estimate of drug-likeness (QED) is 0.272. The maximum atomic E-state index is 14.2. The number of ether oxygens (including phenoxy) is 2. The highest BCUT2D eigenvalue weighted by atomic mass is 19.4. The van der Waals surface area contributed by atoms with Crippen molar-refractivity contribution in [1.82, 2.24) is 20.1 Å². The van der Waals surface area contributed by atoms with E-state index < -0.39 is 59.5 Å². The van der Waals surface area contributed by atoms with Crippen LogP contribution in [0, 0.1) is 17.6 Å². The normalized spacial score (nSPS) is 19.6. The predicted octanol–water partition coefficient (Wildman–Crippen LogP) is 4.06. The van der Waals surface area contributed by atoms with Gasteiger partial charge in [0.15, 0.2) is 22.9 Å². The van der Waals surface area contributed by atoms with Gasteiger partial charge in [-0.05, 0) is 55.2 Å². The number of pyridine rings is 1. The van der Waals surface area contributed by atoms with Crippen LogP contribution in [0.2, 0.25) is 0 Å². The fraction of sp³-hybridized carbons (Fsp3) is 0.345. The first-order valence-electron chi connectivity index (χ1n) is 13.3. The van der Waals surface area contributed by atoms with E-state index in [4.69, 9.17) is 15.2 Å². The number of carbonyl (C=O) groups is 1. The van der Waals surface area contributed by atoms with Gasteiger partial charge in [-0.15, -0.1) is 0 Å². The number of benzene rings is 2. The molecule has 1 aliphatic heterocycles. The van der Waals surface area contributed by atoms with Gasteiger partial charge in [-0.25, -0.2) is 13.8 Å². The summed E-state index contributed by atoms with van der Waals surface area (Å²) in [6.07, 6.45) is -2.25. The number of hydrogen-bond donors (Lipinski definition) is 3. The summed E-state index contributed by atoms with van der Waals surface area (Å²) in [5.41, 5.74) is 0.623. The smallest absolute Gasteiger partial charge is 0.414 e. The number of alkyl halides is 3. The lowest BCUT2D eigenvalue weighted by Crippen LogP contribution is -2.52. The molecule has 1 unspecified atom stereocenters. The van der Waals surface area contributed by atoms with Crippen molar-refractivity contribution in [1.29, 1.82) is 0 Å². The van der Waals surface area contributed by atoms with Crippen molar-refractivity contribution in [3.63, 3.8) is 0 Å². The summed E-state index contributed by atoms with van der Waals surface area (Å²) in [4.78, 5) is 17.7. The summed E-state index contributed by atoms with van der Waals surface area (Å²) < 4.78 is 82.9. The molecule has 3 heterocycles. The van der Waals surface area contributed by atoms with E-state index >= 15 is 0 Å². The van der Waals surface area contributed by atoms with E-state index in [1.807, 2.05) is 0 Å². The van der Waals surface area contributed by atoms with E-state index in [9.17, 15) is 31.9 Å². The van der Waals surface area contributed by atoms with Crippen LogP contribution in [0.1, 0.15) is 34.5 Å². The number of nitrogens with zero attached hydrogens (tertiary/aromatic N) is 3. The molecule has 226 valence electrons. The lowest BCUT2D eigenvalue weighted by Gasteiger charge is -2.31. The number of nitrogens with two attached hydrogens (primary N) is 1. The van der Waals surface area contributed by atoms with Crippen LogP contribution >= 0.6 is 0 Å². The molecule has 2 aromatic heterocycles. The van der Waals surface area contributed by atoms with E-state index in [-0.39, 0.29) is 28.3 Å². The molecule has 9 nitrogen and oxygen atoms in total. The van der Waals surface area contributed by atoms with Gasteiger partial charge < -0.3 is 25.6 Å². The van der Waals surface area contributed by atoms with E-state index in [0.29, 0.717) is 29.5 Å². The number of fused-ring (bicyclic) bond motifs is 2. The molecule has 4 aromatic rings. The zero-order chi connectivity index (χ0) is 30.9. The third-order valence-electron chi connectivity index (χ3n) is 7.98. The summed E-state index contributed by atoms with van der Waals surface area (Å²) in [5, 5.41) is 19.6. The van der Waals surface area contributed by atoms with Gasteiger partial charge in [0, 0.05) is 35.3 Å². The number of hydrogen-bond acceptors (Lipinski definition) is 7. The minimum absolute atomic E-state index is 0.0810.